The van der Waals surface area contributed by atoms with Gasteiger partial charge in [0.2, 0.25) is 0 Å². The van der Waals surface area contributed by atoms with Gasteiger partial charge in [0.15, 0.2) is 0 Å². The Hall–Kier alpha value is -1.99. The monoisotopic (exact) mass is 329 g/mol. The summed E-state index contributed by atoms with van der Waals surface area (Å²) in [5.41, 5.74) is 2.22. The average Bonchev–Trinajstić information content (AvgIpc) is 3.14. The summed E-state index contributed by atoms with van der Waals surface area (Å²) >= 11 is 1.65. The largest absolute Gasteiger partial charge is 0.373 e. The zero-order valence-corrected chi connectivity index (χ0v) is 14.1. The summed E-state index contributed by atoms with van der Waals surface area (Å²) in [6, 6.07) is 4.20. The Morgan fingerprint density at radius 3 is 3.09 bits per heavy atom. The van der Waals surface area contributed by atoms with Crippen LogP contribution >= 0.6 is 11.3 Å². The fourth-order valence-corrected chi connectivity index (χ4v) is 3.83. The summed E-state index contributed by atoms with van der Waals surface area (Å²) in [6.45, 7) is 7.26. The molecule has 7 heteroatoms. The van der Waals surface area contributed by atoms with Gasteiger partial charge in [-0.15, -0.1) is 11.3 Å². The number of hydrogen-bond donors (Lipinski definition) is 0. The van der Waals surface area contributed by atoms with Crippen LogP contribution < -0.4 is 4.90 Å². The van der Waals surface area contributed by atoms with Crippen LogP contribution in [-0.2, 0) is 11.3 Å². The third kappa shape index (κ3) is 2.82. The maximum Gasteiger partial charge on any atom is 0.140 e. The second kappa shape index (κ2) is 5.90. The minimum absolute atomic E-state index is 0.116. The number of thiophene rings is 1. The highest BCUT2D eigenvalue weighted by Crippen LogP contribution is 2.28. The molecular weight excluding hydrogens is 310 g/mol. The smallest absolute Gasteiger partial charge is 0.140 e. The molecule has 0 radical (unpaired) electrons. The van der Waals surface area contributed by atoms with Crippen molar-refractivity contribution in [2.24, 2.45) is 0 Å². The van der Waals surface area contributed by atoms with Crippen LogP contribution in [0.2, 0.25) is 0 Å². The van der Waals surface area contributed by atoms with Crippen LogP contribution in [0.1, 0.15) is 11.4 Å². The van der Waals surface area contributed by atoms with Gasteiger partial charge in [0.1, 0.15) is 17.0 Å². The SMILES string of the molecule is Cc1cc(C)n(CC2CN(c3ncnc4sccc34)CCO2)n1. The zero-order valence-electron chi connectivity index (χ0n) is 13.3. The fraction of sp³-hybridized carbons (Fsp3) is 0.438. The predicted molar refractivity (Wildman–Crippen MR) is 91.1 cm³/mol. The molecule has 4 rings (SSSR count). The van der Waals surface area contributed by atoms with E-state index >= 15 is 0 Å². The lowest BCUT2D eigenvalue weighted by Gasteiger charge is -2.34. The normalized spacial score (nSPS) is 18.7. The van der Waals surface area contributed by atoms with Crippen molar-refractivity contribution in [2.75, 3.05) is 24.6 Å². The molecule has 120 valence electrons. The Bertz CT molecular complexity index is 827. The molecule has 3 aromatic heterocycles. The molecule has 0 aliphatic carbocycles. The minimum atomic E-state index is 0.116. The van der Waals surface area contributed by atoms with E-state index in [0.717, 1.165) is 41.4 Å². The van der Waals surface area contributed by atoms with Crippen molar-refractivity contribution in [3.05, 3.63) is 35.2 Å². The van der Waals surface area contributed by atoms with Crippen molar-refractivity contribution in [1.29, 1.82) is 0 Å². The molecule has 1 atom stereocenters. The lowest BCUT2D eigenvalue weighted by Crippen LogP contribution is -2.45. The van der Waals surface area contributed by atoms with Crippen LogP contribution in [0.25, 0.3) is 10.2 Å². The first-order chi connectivity index (χ1) is 11.2. The van der Waals surface area contributed by atoms with E-state index in [1.54, 1.807) is 17.7 Å². The number of morpholine rings is 1. The standard InChI is InChI=1S/C16H19N5OS/c1-11-7-12(2)21(19-11)9-13-8-20(4-5-22-13)15-14-3-6-23-16(14)18-10-17-15/h3,6-7,10,13H,4-5,8-9H2,1-2H3. The van der Waals surface area contributed by atoms with Crippen LogP contribution in [-0.4, -0.2) is 45.5 Å². The van der Waals surface area contributed by atoms with Crippen LogP contribution in [0.3, 0.4) is 0 Å². The fourth-order valence-electron chi connectivity index (χ4n) is 3.10. The topological polar surface area (TPSA) is 56.1 Å². The number of rotatable bonds is 3. The van der Waals surface area contributed by atoms with Crippen molar-refractivity contribution in [3.63, 3.8) is 0 Å². The summed E-state index contributed by atoms with van der Waals surface area (Å²) in [6.07, 6.45) is 1.77. The van der Waals surface area contributed by atoms with Gasteiger partial charge in [-0.3, -0.25) is 4.68 Å². The van der Waals surface area contributed by atoms with E-state index in [1.807, 2.05) is 11.6 Å². The van der Waals surface area contributed by atoms with Crippen LogP contribution in [0, 0.1) is 13.8 Å². The maximum absolute atomic E-state index is 5.95. The van der Waals surface area contributed by atoms with E-state index in [2.05, 4.69) is 44.4 Å². The van der Waals surface area contributed by atoms with Crippen molar-refractivity contribution in [2.45, 2.75) is 26.5 Å². The molecule has 0 N–H and O–H groups in total. The lowest BCUT2D eigenvalue weighted by molar-refractivity contribution is 0.0268. The summed E-state index contributed by atoms with van der Waals surface area (Å²) in [5.74, 6) is 1.01. The molecule has 1 aliphatic rings. The number of hydrogen-bond acceptors (Lipinski definition) is 6. The van der Waals surface area contributed by atoms with Crippen LogP contribution in [0.15, 0.2) is 23.8 Å². The lowest BCUT2D eigenvalue weighted by atomic mass is 10.2. The third-order valence-electron chi connectivity index (χ3n) is 4.16. The molecule has 1 saturated heterocycles. The van der Waals surface area contributed by atoms with Crippen LogP contribution in [0.5, 0.6) is 0 Å². The van der Waals surface area contributed by atoms with Crippen LogP contribution in [0.4, 0.5) is 5.82 Å². The number of nitrogens with zero attached hydrogens (tertiary/aromatic N) is 5. The molecule has 0 bridgehead atoms. The van der Waals surface area contributed by atoms with Gasteiger partial charge >= 0.3 is 0 Å². The van der Waals surface area contributed by atoms with Crippen molar-refractivity contribution in [3.8, 4) is 0 Å². The van der Waals surface area contributed by atoms with Gasteiger partial charge in [-0.25, -0.2) is 9.97 Å². The molecular formula is C16H19N5OS. The maximum atomic E-state index is 5.95. The number of anilines is 1. The number of ether oxygens (including phenoxy) is 1. The first-order valence-corrected chi connectivity index (χ1v) is 8.64. The Balaban J connectivity index is 1.55. The molecule has 0 amide bonds. The summed E-state index contributed by atoms with van der Waals surface area (Å²) in [4.78, 5) is 12.2. The predicted octanol–water partition coefficient (Wildman–Crippen LogP) is 2.41. The average molecular weight is 329 g/mol. The molecule has 0 spiro atoms. The van der Waals surface area contributed by atoms with Crippen molar-refractivity contribution >= 4 is 27.4 Å². The molecule has 1 fully saturated rings. The van der Waals surface area contributed by atoms with Gasteiger partial charge in [0.25, 0.3) is 0 Å². The zero-order chi connectivity index (χ0) is 15.8. The minimum Gasteiger partial charge on any atom is -0.373 e. The van der Waals surface area contributed by atoms with Gasteiger partial charge in [-0.2, -0.15) is 5.10 Å². The Morgan fingerprint density at radius 1 is 1.35 bits per heavy atom. The van der Waals surface area contributed by atoms with Gasteiger partial charge in [0, 0.05) is 18.8 Å². The Labute approximate surface area is 138 Å². The van der Waals surface area contributed by atoms with Gasteiger partial charge in [0.05, 0.1) is 30.3 Å². The summed E-state index contributed by atoms with van der Waals surface area (Å²) in [5, 5.41) is 7.73. The second-order valence-electron chi connectivity index (χ2n) is 5.88. The number of aromatic nitrogens is 4. The van der Waals surface area contributed by atoms with Gasteiger partial charge in [-0.1, -0.05) is 0 Å². The molecule has 1 unspecified atom stereocenters. The molecule has 0 saturated carbocycles. The van der Waals surface area contributed by atoms with E-state index in [9.17, 15) is 0 Å². The summed E-state index contributed by atoms with van der Waals surface area (Å²) in [7, 11) is 0. The van der Waals surface area contributed by atoms with Crippen molar-refractivity contribution in [1.82, 2.24) is 19.7 Å². The molecule has 0 aromatic carbocycles. The van der Waals surface area contributed by atoms with E-state index in [4.69, 9.17) is 4.74 Å². The summed E-state index contributed by atoms with van der Waals surface area (Å²) < 4.78 is 7.98. The highest BCUT2D eigenvalue weighted by Gasteiger charge is 2.24. The molecule has 4 heterocycles. The Kier molecular flexibility index (Phi) is 3.74. The third-order valence-corrected chi connectivity index (χ3v) is 4.98. The molecule has 6 nitrogen and oxygen atoms in total. The van der Waals surface area contributed by atoms with Gasteiger partial charge in [-0.05, 0) is 31.4 Å². The van der Waals surface area contributed by atoms with E-state index in [1.165, 1.54) is 5.69 Å². The van der Waals surface area contributed by atoms with E-state index < -0.39 is 0 Å². The van der Waals surface area contributed by atoms with E-state index in [-0.39, 0.29) is 6.10 Å². The van der Waals surface area contributed by atoms with Gasteiger partial charge < -0.3 is 9.64 Å². The number of aryl methyl sites for hydroxylation is 2. The highest BCUT2D eigenvalue weighted by molar-refractivity contribution is 7.16. The van der Waals surface area contributed by atoms with E-state index in [0.29, 0.717) is 6.61 Å². The first-order valence-electron chi connectivity index (χ1n) is 7.76. The Morgan fingerprint density at radius 2 is 2.26 bits per heavy atom. The second-order valence-corrected chi connectivity index (χ2v) is 6.78. The molecule has 23 heavy (non-hydrogen) atoms. The quantitative estimate of drug-likeness (QED) is 0.738. The van der Waals surface area contributed by atoms with Crippen molar-refractivity contribution < 1.29 is 4.74 Å². The number of fused-ring (bicyclic) bond motifs is 1. The molecule has 3 aromatic rings. The first kappa shape index (κ1) is 14.6. The highest BCUT2D eigenvalue weighted by atomic mass is 32.1. The molecule has 1 aliphatic heterocycles.